The van der Waals surface area contributed by atoms with Gasteiger partial charge in [0.2, 0.25) is 0 Å². The van der Waals surface area contributed by atoms with Crippen molar-refractivity contribution in [1.82, 2.24) is 14.0 Å². The molecule has 2 rings (SSSR count). The molecule has 0 aliphatic carbocycles. The van der Waals surface area contributed by atoms with Crippen LogP contribution in [-0.4, -0.2) is 34.7 Å². The van der Waals surface area contributed by atoms with Gasteiger partial charge in [0, 0.05) is 31.2 Å². The molecular weight excluding hydrogens is 361 g/mol. The molecule has 1 aromatic heterocycles. The number of hydrogen-bond donors (Lipinski definition) is 1. The lowest BCUT2D eigenvalue weighted by Gasteiger charge is -2.27. The molecule has 0 unspecified atom stereocenters. The summed E-state index contributed by atoms with van der Waals surface area (Å²) in [7, 11) is 6.26. The van der Waals surface area contributed by atoms with Crippen molar-refractivity contribution in [1.29, 1.82) is 5.26 Å². The molecule has 1 N–H and O–H groups in total. The molecule has 0 saturated carbocycles. The van der Waals surface area contributed by atoms with E-state index in [9.17, 15) is 19.2 Å². The first kappa shape index (κ1) is 19.7. The van der Waals surface area contributed by atoms with Gasteiger partial charge in [-0.25, -0.2) is 9.18 Å². The zero-order valence-electron chi connectivity index (χ0n) is 14.9. The van der Waals surface area contributed by atoms with E-state index in [0.29, 0.717) is 5.56 Å². The van der Waals surface area contributed by atoms with E-state index < -0.39 is 23.1 Å². The van der Waals surface area contributed by atoms with Crippen LogP contribution in [0.15, 0.2) is 27.8 Å². The maximum Gasteiger partial charge on any atom is 0.332 e. The van der Waals surface area contributed by atoms with Crippen molar-refractivity contribution in [2.24, 2.45) is 14.1 Å². The highest BCUT2D eigenvalue weighted by molar-refractivity contribution is 6.31. The molecule has 0 saturated heterocycles. The summed E-state index contributed by atoms with van der Waals surface area (Å²) in [6.07, 6.45) is 0. The summed E-state index contributed by atoms with van der Waals surface area (Å²) in [6, 6.07) is 5.74. The van der Waals surface area contributed by atoms with Crippen LogP contribution in [0, 0.1) is 17.1 Å². The molecule has 0 aliphatic rings. The fraction of sp³-hybridized carbons (Fsp3) is 0.353. The molecule has 0 spiro atoms. The number of halogens is 2. The van der Waals surface area contributed by atoms with Crippen LogP contribution in [0.5, 0.6) is 0 Å². The number of hydrogen-bond acceptors (Lipinski definition) is 5. The van der Waals surface area contributed by atoms with Gasteiger partial charge in [-0.2, -0.15) is 5.26 Å². The Labute approximate surface area is 154 Å². The Morgan fingerprint density at radius 3 is 2.50 bits per heavy atom. The highest BCUT2D eigenvalue weighted by Gasteiger charge is 2.23. The zero-order valence-corrected chi connectivity index (χ0v) is 15.6. The Bertz CT molecular complexity index is 970. The maximum absolute atomic E-state index is 14.3. The number of anilines is 1. The lowest BCUT2D eigenvalue weighted by atomic mass is 10.0. The minimum Gasteiger partial charge on any atom is -0.368 e. The third-order valence-corrected chi connectivity index (χ3v) is 4.53. The zero-order chi connectivity index (χ0) is 19.6. The van der Waals surface area contributed by atoms with Gasteiger partial charge in [-0.3, -0.25) is 13.9 Å². The molecule has 0 radical (unpaired) electrons. The smallest absolute Gasteiger partial charge is 0.332 e. The van der Waals surface area contributed by atoms with Crippen molar-refractivity contribution < 1.29 is 4.39 Å². The first-order valence-electron chi connectivity index (χ1n) is 7.75. The fourth-order valence-corrected chi connectivity index (χ4v) is 3.01. The predicted octanol–water partition coefficient (Wildman–Crippen LogP) is 1.46. The van der Waals surface area contributed by atoms with E-state index in [-0.39, 0.29) is 22.9 Å². The Morgan fingerprint density at radius 1 is 1.31 bits per heavy atom. The third kappa shape index (κ3) is 3.49. The lowest BCUT2D eigenvalue weighted by Crippen LogP contribution is -2.40. The summed E-state index contributed by atoms with van der Waals surface area (Å²) < 4.78 is 16.3. The van der Waals surface area contributed by atoms with E-state index in [1.54, 1.807) is 25.1 Å². The van der Waals surface area contributed by atoms with Crippen LogP contribution in [0.1, 0.15) is 17.2 Å². The van der Waals surface area contributed by atoms with Gasteiger partial charge in [0.05, 0.1) is 6.04 Å². The topological polar surface area (TPSA) is 83.1 Å². The molecule has 1 atom stereocenters. The van der Waals surface area contributed by atoms with Gasteiger partial charge in [0.25, 0.3) is 5.56 Å². The first-order chi connectivity index (χ1) is 12.2. The Hall–Kier alpha value is -2.63. The van der Waals surface area contributed by atoms with Gasteiger partial charge in [0.15, 0.2) is 5.56 Å². The summed E-state index contributed by atoms with van der Waals surface area (Å²) in [4.78, 5) is 26.0. The normalized spacial score (nSPS) is 12.1. The van der Waals surface area contributed by atoms with E-state index in [2.05, 4.69) is 5.32 Å². The molecule has 0 amide bonds. The second-order valence-corrected chi connectivity index (χ2v) is 6.44. The standard InChI is InChI=1S/C17H19ClFN5O2/c1-22(2)13(14-11(18)6-5-7-12(14)19)9-21-15-10(8-20)16(25)24(4)17(26)23(15)3/h5-7,13,21H,9H2,1-4H3/t13-/m0/s1. The molecule has 26 heavy (non-hydrogen) atoms. The van der Waals surface area contributed by atoms with E-state index in [1.807, 2.05) is 6.07 Å². The molecule has 7 nitrogen and oxygen atoms in total. The number of nitrogens with zero attached hydrogens (tertiary/aromatic N) is 4. The van der Waals surface area contributed by atoms with Crippen LogP contribution in [-0.2, 0) is 14.1 Å². The summed E-state index contributed by atoms with van der Waals surface area (Å²) >= 11 is 6.16. The monoisotopic (exact) mass is 379 g/mol. The van der Waals surface area contributed by atoms with Crippen molar-refractivity contribution in [2.45, 2.75) is 6.04 Å². The summed E-state index contributed by atoms with van der Waals surface area (Å²) in [5.41, 5.74) is -1.16. The van der Waals surface area contributed by atoms with Crippen LogP contribution < -0.4 is 16.6 Å². The van der Waals surface area contributed by atoms with Crippen LogP contribution in [0.4, 0.5) is 10.2 Å². The molecule has 0 aliphatic heterocycles. The second kappa shape index (κ2) is 7.72. The first-order valence-corrected chi connectivity index (χ1v) is 8.12. The summed E-state index contributed by atoms with van der Waals surface area (Å²) in [6.45, 7) is 0.128. The average Bonchev–Trinajstić information content (AvgIpc) is 2.59. The van der Waals surface area contributed by atoms with Gasteiger partial charge in [-0.15, -0.1) is 0 Å². The average molecular weight is 380 g/mol. The molecular formula is C17H19ClFN5O2. The Kier molecular flexibility index (Phi) is 5.85. The van der Waals surface area contributed by atoms with Gasteiger partial charge < -0.3 is 10.2 Å². The van der Waals surface area contributed by atoms with Gasteiger partial charge in [-0.05, 0) is 26.2 Å². The van der Waals surface area contributed by atoms with Gasteiger partial charge in [-0.1, -0.05) is 17.7 Å². The minimum atomic E-state index is -0.691. The fourth-order valence-electron chi connectivity index (χ4n) is 2.72. The largest absolute Gasteiger partial charge is 0.368 e. The number of rotatable bonds is 5. The summed E-state index contributed by atoms with van der Waals surface area (Å²) in [5.74, 6) is -0.378. The van der Waals surface area contributed by atoms with Crippen LogP contribution in [0.25, 0.3) is 0 Å². The molecule has 1 aromatic carbocycles. The molecule has 0 bridgehead atoms. The molecule has 2 aromatic rings. The number of benzene rings is 1. The molecule has 9 heteroatoms. The molecule has 1 heterocycles. The van der Waals surface area contributed by atoms with Crippen molar-refractivity contribution in [3.05, 3.63) is 61.0 Å². The van der Waals surface area contributed by atoms with Gasteiger partial charge >= 0.3 is 5.69 Å². The highest BCUT2D eigenvalue weighted by Crippen LogP contribution is 2.29. The number of likely N-dealkylation sites (N-methyl/N-ethyl adjacent to an activating group) is 1. The van der Waals surface area contributed by atoms with Crippen LogP contribution in [0.3, 0.4) is 0 Å². The maximum atomic E-state index is 14.3. The van der Waals surface area contributed by atoms with E-state index in [1.165, 1.54) is 30.8 Å². The number of aromatic nitrogens is 2. The van der Waals surface area contributed by atoms with Crippen molar-refractivity contribution >= 4 is 17.4 Å². The van der Waals surface area contributed by atoms with Gasteiger partial charge in [0.1, 0.15) is 17.7 Å². The Balaban J connectivity index is 2.48. The molecule has 138 valence electrons. The predicted molar refractivity (Wildman–Crippen MR) is 98.0 cm³/mol. The third-order valence-electron chi connectivity index (χ3n) is 4.20. The second-order valence-electron chi connectivity index (χ2n) is 6.04. The quantitative estimate of drug-likeness (QED) is 0.850. The SMILES string of the molecule is CN(C)[C@@H](CNc1c(C#N)c(=O)n(C)c(=O)n1C)c1c(F)cccc1Cl. The van der Waals surface area contributed by atoms with E-state index in [0.717, 1.165) is 4.57 Å². The van der Waals surface area contributed by atoms with E-state index in [4.69, 9.17) is 11.6 Å². The number of nitriles is 1. The van der Waals surface area contributed by atoms with Crippen LogP contribution >= 0.6 is 11.6 Å². The van der Waals surface area contributed by atoms with Crippen molar-refractivity contribution in [3.63, 3.8) is 0 Å². The van der Waals surface area contributed by atoms with Crippen molar-refractivity contribution in [2.75, 3.05) is 26.0 Å². The van der Waals surface area contributed by atoms with Crippen molar-refractivity contribution in [3.8, 4) is 6.07 Å². The van der Waals surface area contributed by atoms with E-state index >= 15 is 0 Å². The highest BCUT2D eigenvalue weighted by atomic mass is 35.5. The lowest BCUT2D eigenvalue weighted by molar-refractivity contribution is 0.303. The Morgan fingerprint density at radius 2 is 1.96 bits per heavy atom. The molecule has 0 fully saturated rings. The summed E-state index contributed by atoms with van der Waals surface area (Å²) in [5, 5.41) is 12.5. The number of nitrogens with one attached hydrogen (secondary N) is 1. The van der Waals surface area contributed by atoms with Crippen LogP contribution in [0.2, 0.25) is 5.02 Å². The minimum absolute atomic E-state index is 0.0833.